The molecule has 0 unspecified atom stereocenters. The Kier molecular flexibility index (Phi) is 3.85. The van der Waals surface area contributed by atoms with Gasteiger partial charge in [-0.15, -0.1) is 5.10 Å². The van der Waals surface area contributed by atoms with E-state index < -0.39 is 11.9 Å². The van der Waals surface area contributed by atoms with Crippen molar-refractivity contribution in [1.82, 2.24) is 24.5 Å². The molecule has 0 radical (unpaired) electrons. The molecule has 10 heteroatoms. The number of hydrogen-bond donors (Lipinski definition) is 1. The van der Waals surface area contributed by atoms with Crippen molar-refractivity contribution >= 4 is 17.4 Å². The molecule has 0 saturated heterocycles. The molecule has 0 saturated carbocycles. The van der Waals surface area contributed by atoms with Crippen molar-refractivity contribution in [1.29, 1.82) is 0 Å². The number of hydrogen-bond acceptors (Lipinski definition) is 5. The van der Waals surface area contributed by atoms with Gasteiger partial charge in [-0.2, -0.15) is 13.2 Å². The minimum Gasteiger partial charge on any atom is -0.351 e. The Morgan fingerprint density at radius 1 is 1.50 bits per heavy atom. The molecule has 0 spiro atoms. The number of aryl methyl sites for hydroxylation is 1. The second-order valence-electron chi connectivity index (χ2n) is 5.09. The third kappa shape index (κ3) is 3.11. The summed E-state index contributed by atoms with van der Waals surface area (Å²) in [5.41, 5.74) is -0.858. The molecule has 1 atom stereocenters. The molecule has 0 aromatic carbocycles. The van der Waals surface area contributed by atoms with Gasteiger partial charge in [0.25, 0.3) is 5.91 Å². The van der Waals surface area contributed by atoms with Gasteiger partial charge in [0.05, 0.1) is 6.20 Å². The topological polar surface area (TPSA) is 72.7 Å². The number of fused-ring (bicyclic) bond motifs is 1. The zero-order valence-corrected chi connectivity index (χ0v) is 12.1. The summed E-state index contributed by atoms with van der Waals surface area (Å²) in [6.07, 6.45) is -0.845. The number of alkyl halides is 3. The van der Waals surface area contributed by atoms with E-state index in [0.717, 1.165) is 17.7 Å². The number of amides is 1. The number of imidazole rings is 1. The zero-order chi connectivity index (χ0) is 15.7. The van der Waals surface area contributed by atoms with E-state index in [-0.39, 0.29) is 11.8 Å². The molecular weight excluding hydrogens is 319 g/mol. The van der Waals surface area contributed by atoms with Gasteiger partial charge in [-0.25, -0.2) is 4.98 Å². The summed E-state index contributed by atoms with van der Waals surface area (Å²) < 4.78 is 43.0. The van der Waals surface area contributed by atoms with E-state index in [1.807, 2.05) is 0 Å². The van der Waals surface area contributed by atoms with Gasteiger partial charge < -0.3 is 9.88 Å². The van der Waals surface area contributed by atoms with Crippen LogP contribution in [0.4, 0.5) is 13.2 Å². The summed E-state index contributed by atoms with van der Waals surface area (Å²) in [5.74, 6) is 0.261. The molecule has 1 aliphatic heterocycles. The maximum atomic E-state index is 12.6. The van der Waals surface area contributed by atoms with E-state index in [4.69, 9.17) is 0 Å². The molecule has 118 valence electrons. The van der Waals surface area contributed by atoms with Crippen LogP contribution in [0.3, 0.4) is 0 Å². The lowest BCUT2D eigenvalue weighted by Crippen LogP contribution is -2.33. The second kappa shape index (κ2) is 5.67. The van der Waals surface area contributed by atoms with Crippen molar-refractivity contribution in [3.8, 4) is 0 Å². The standard InChI is InChI=1S/C12H12F3N5OS/c13-12(14,15)9-6-20-5-7(1-2-10(20)18-9)3-16-11(21)8-4-17-19-22-8/h4,6-7H,1-3,5H2,(H,16,21)/t7-/m1/s1. The Morgan fingerprint density at radius 3 is 3.00 bits per heavy atom. The molecular formula is C12H12F3N5OS. The van der Waals surface area contributed by atoms with Crippen molar-refractivity contribution in [2.75, 3.05) is 6.54 Å². The van der Waals surface area contributed by atoms with Gasteiger partial charge in [0.2, 0.25) is 0 Å². The number of rotatable bonds is 3. The predicted octanol–water partition coefficient (Wildman–Crippen LogP) is 1.75. The molecule has 2 aromatic rings. The van der Waals surface area contributed by atoms with Gasteiger partial charge in [0.1, 0.15) is 10.7 Å². The Morgan fingerprint density at radius 2 is 2.32 bits per heavy atom. The quantitative estimate of drug-likeness (QED) is 0.930. The van der Waals surface area contributed by atoms with Crippen LogP contribution in [0.5, 0.6) is 0 Å². The lowest BCUT2D eigenvalue weighted by molar-refractivity contribution is -0.141. The van der Waals surface area contributed by atoms with Crippen molar-refractivity contribution in [3.05, 3.63) is 28.8 Å². The van der Waals surface area contributed by atoms with E-state index in [1.165, 1.54) is 10.8 Å². The Bertz CT molecular complexity index is 667. The Labute approximate surface area is 127 Å². The van der Waals surface area contributed by atoms with Crippen LogP contribution in [0.15, 0.2) is 12.4 Å². The number of aromatic nitrogens is 4. The van der Waals surface area contributed by atoms with Gasteiger partial charge in [-0.3, -0.25) is 4.79 Å². The largest absolute Gasteiger partial charge is 0.434 e. The number of nitrogens with one attached hydrogen (secondary N) is 1. The fraction of sp³-hybridized carbons (Fsp3) is 0.500. The molecule has 22 heavy (non-hydrogen) atoms. The molecule has 0 aliphatic carbocycles. The molecule has 0 fully saturated rings. The van der Waals surface area contributed by atoms with Crippen LogP contribution in [0, 0.1) is 5.92 Å². The van der Waals surface area contributed by atoms with E-state index >= 15 is 0 Å². The number of halogens is 3. The van der Waals surface area contributed by atoms with Crippen molar-refractivity contribution < 1.29 is 18.0 Å². The Hall–Kier alpha value is -1.97. The van der Waals surface area contributed by atoms with E-state index in [9.17, 15) is 18.0 Å². The predicted molar refractivity (Wildman–Crippen MR) is 71.3 cm³/mol. The van der Waals surface area contributed by atoms with Gasteiger partial charge in [-0.1, -0.05) is 4.49 Å². The van der Waals surface area contributed by atoms with Gasteiger partial charge in [0, 0.05) is 25.7 Å². The van der Waals surface area contributed by atoms with E-state index in [0.29, 0.717) is 36.6 Å². The number of carbonyl (C=O) groups is 1. The fourth-order valence-electron chi connectivity index (χ4n) is 2.41. The van der Waals surface area contributed by atoms with Crippen molar-refractivity contribution in [2.24, 2.45) is 5.92 Å². The molecule has 2 aromatic heterocycles. The number of carbonyl (C=O) groups excluding carboxylic acids is 1. The highest BCUT2D eigenvalue weighted by atomic mass is 32.1. The first-order chi connectivity index (χ1) is 10.4. The van der Waals surface area contributed by atoms with Crippen LogP contribution in [0.2, 0.25) is 0 Å². The molecule has 1 aliphatic rings. The van der Waals surface area contributed by atoms with E-state index in [2.05, 4.69) is 19.9 Å². The summed E-state index contributed by atoms with van der Waals surface area (Å²) in [6.45, 7) is 0.815. The maximum absolute atomic E-state index is 12.6. The van der Waals surface area contributed by atoms with Crippen LogP contribution in [0.1, 0.15) is 27.6 Å². The molecule has 0 bridgehead atoms. The second-order valence-corrected chi connectivity index (χ2v) is 5.87. The summed E-state index contributed by atoms with van der Waals surface area (Å²) in [4.78, 5) is 15.8. The monoisotopic (exact) mass is 331 g/mol. The highest BCUT2D eigenvalue weighted by molar-refractivity contribution is 7.07. The average molecular weight is 331 g/mol. The van der Waals surface area contributed by atoms with Gasteiger partial charge >= 0.3 is 6.18 Å². The minimum absolute atomic E-state index is 0.0765. The van der Waals surface area contributed by atoms with Crippen LogP contribution in [-0.2, 0) is 19.1 Å². The average Bonchev–Trinajstić information content (AvgIpc) is 3.12. The molecule has 1 N–H and O–H groups in total. The van der Waals surface area contributed by atoms with Gasteiger partial charge in [-0.05, 0) is 23.9 Å². The third-order valence-corrected chi connectivity index (χ3v) is 4.18. The summed E-state index contributed by atoms with van der Waals surface area (Å²) >= 11 is 0.999. The minimum atomic E-state index is -4.42. The van der Waals surface area contributed by atoms with Crippen LogP contribution >= 0.6 is 11.5 Å². The SMILES string of the molecule is O=C(NC[C@H]1CCc2nc(C(F)(F)F)cn2C1)c1cnns1. The maximum Gasteiger partial charge on any atom is 0.434 e. The van der Waals surface area contributed by atoms with E-state index in [1.54, 1.807) is 0 Å². The first-order valence-corrected chi connectivity index (χ1v) is 7.39. The smallest absolute Gasteiger partial charge is 0.351 e. The third-order valence-electron chi connectivity index (χ3n) is 3.52. The molecule has 3 rings (SSSR count). The van der Waals surface area contributed by atoms with Crippen LogP contribution < -0.4 is 5.32 Å². The highest BCUT2D eigenvalue weighted by Crippen LogP contribution is 2.30. The van der Waals surface area contributed by atoms with Crippen molar-refractivity contribution in [2.45, 2.75) is 25.6 Å². The normalized spacial score (nSPS) is 18.0. The summed E-state index contributed by atoms with van der Waals surface area (Å²) in [5, 5.41) is 6.34. The summed E-state index contributed by atoms with van der Waals surface area (Å²) in [7, 11) is 0. The zero-order valence-electron chi connectivity index (χ0n) is 11.3. The highest BCUT2D eigenvalue weighted by Gasteiger charge is 2.35. The first-order valence-electron chi connectivity index (χ1n) is 6.62. The lowest BCUT2D eigenvalue weighted by Gasteiger charge is -2.23. The number of nitrogens with zero attached hydrogens (tertiary/aromatic N) is 4. The Balaban J connectivity index is 1.60. The van der Waals surface area contributed by atoms with Crippen molar-refractivity contribution in [3.63, 3.8) is 0 Å². The first kappa shape index (κ1) is 14.9. The molecule has 1 amide bonds. The summed E-state index contributed by atoms with van der Waals surface area (Å²) in [6, 6.07) is 0. The fourth-order valence-corrected chi connectivity index (χ4v) is 2.84. The lowest BCUT2D eigenvalue weighted by atomic mass is 9.99. The van der Waals surface area contributed by atoms with Crippen LogP contribution in [-0.4, -0.2) is 31.6 Å². The molecule has 3 heterocycles. The van der Waals surface area contributed by atoms with Crippen LogP contribution in [0.25, 0.3) is 0 Å². The van der Waals surface area contributed by atoms with Gasteiger partial charge in [0.15, 0.2) is 5.69 Å². The molecule has 6 nitrogen and oxygen atoms in total.